The molecule has 0 fully saturated rings. The van der Waals surface area contributed by atoms with E-state index in [4.69, 9.17) is 5.73 Å². The number of primary amides is 1. The van der Waals surface area contributed by atoms with E-state index < -0.39 is 0 Å². The van der Waals surface area contributed by atoms with E-state index in [0.29, 0.717) is 0 Å². The van der Waals surface area contributed by atoms with Gasteiger partial charge in [0.1, 0.15) is 0 Å². The highest BCUT2D eigenvalue weighted by molar-refractivity contribution is 5.85. The molecule has 1 unspecified atom stereocenters. The number of rotatable bonds is 2. The SMILES string of the molecule is C=CC(C)C(N)=O.Cl. The van der Waals surface area contributed by atoms with Crippen LogP contribution in [0.25, 0.3) is 0 Å². The molecule has 0 aliphatic rings. The Bertz CT molecular complexity index is 92.4. The van der Waals surface area contributed by atoms with Gasteiger partial charge in [0.05, 0.1) is 5.92 Å². The minimum Gasteiger partial charge on any atom is -0.369 e. The Morgan fingerprint density at radius 3 is 2.25 bits per heavy atom. The van der Waals surface area contributed by atoms with Crippen LogP contribution >= 0.6 is 12.4 Å². The molecule has 0 aromatic rings. The smallest absolute Gasteiger partial charge is 0.224 e. The summed E-state index contributed by atoms with van der Waals surface area (Å²) in [7, 11) is 0. The van der Waals surface area contributed by atoms with Gasteiger partial charge < -0.3 is 5.73 Å². The van der Waals surface area contributed by atoms with Gasteiger partial charge in [-0.05, 0) is 0 Å². The van der Waals surface area contributed by atoms with Gasteiger partial charge >= 0.3 is 0 Å². The highest BCUT2D eigenvalue weighted by Crippen LogP contribution is 1.90. The fourth-order valence-electron chi connectivity index (χ4n) is 0.116. The van der Waals surface area contributed by atoms with E-state index in [1.165, 1.54) is 6.08 Å². The number of carbonyl (C=O) groups is 1. The van der Waals surface area contributed by atoms with E-state index in [9.17, 15) is 4.79 Å². The van der Waals surface area contributed by atoms with Crippen molar-refractivity contribution in [1.29, 1.82) is 0 Å². The minimum absolute atomic E-state index is 0. The maximum atomic E-state index is 10.1. The summed E-state index contributed by atoms with van der Waals surface area (Å²) in [5, 5.41) is 0. The standard InChI is InChI=1S/C5H9NO.ClH/c1-3-4(2)5(6)7;/h3-4H,1H2,2H3,(H2,6,7);1H. The first kappa shape index (κ1) is 10.5. The Hall–Kier alpha value is -0.500. The van der Waals surface area contributed by atoms with Crippen LogP contribution in [0, 0.1) is 5.92 Å². The molecule has 2 N–H and O–H groups in total. The van der Waals surface area contributed by atoms with E-state index in [1.54, 1.807) is 6.92 Å². The summed E-state index contributed by atoms with van der Waals surface area (Å²) in [6.07, 6.45) is 1.52. The molecular formula is C5H10ClNO. The maximum absolute atomic E-state index is 10.1. The predicted octanol–water partition coefficient (Wildman–Crippen LogP) is 0.716. The zero-order chi connectivity index (χ0) is 5.86. The maximum Gasteiger partial charge on any atom is 0.224 e. The molecule has 0 aliphatic heterocycles. The van der Waals surface area contributed by atoms with Crippen LogP contribution in [0.15, 0.2) is 12.7 Å². The lowest BCUT2D eigenvalue weighted by molar-refractivity contribution is -0.119. The summed E-state index contributed by atoms with van der Waals surface area (Å²) in [6.45, 7) is 5.08. The van der Waals surface area contributed by atoms with Crippen molar-refractivity contribution in [2.24, 2.45) is 11.7 Å². The minimum atomic E-state index is -0.324. The molecule has 3 heteroatoms. The predicted molar refractivity (Wildman–Crippen MR) is 35.8 cm³/mol. The van der Waals surface area contributed by atoms with Crippen molar-refractivity contribution < 1.29 is 4.79 Å². The molecule has 0 saturated carbocycles. The van der Waals surface area contributed by atoms with Crippen LogP contribution in [0.3, 0.4) is 0 Å². The van der Waals surface area contributed by atoms with Crippen LogP contribution in [-0.4, -0.2) is 5.91 Å². The summed E-state index contributed by atoms with van der Waals surface area (Å²) in [5.41, 5.74) is 4.84. The van der Waals surface area contributed by atoms with Crippen LogP contribution in [0.4, 0.5) is 0 Å². The lowest BCUT2D eigenvalue weighted by Crippen LogP contribution is -2.17. The van der Waals surface area contributed by atoms with Crippen molar-refractivity contribution in [3.8, 4) is 0 Å². The number of hydrogen-bond donors (Lipinski definition) is 1. The molecule has 48 valence electrons. The molecule has 0 radical (unpaired) electrons. The second-order valence-corrected chi connectivity index (χ2v) is 1.43. The number of carbonyl (C=O) groups excluding carboxylic acids is 1. The Kier molecular flexibility index (Phi) is 6.09. The molecule has 0 aliphatic carbocycles. The molecule has 0 aromatic heterocycles. The fourth-order valence-corrected chi connectivity index (χ4v) is 0.116. The highest BCUT2D eigenvalue weighted by atomic mass is 35.5. The number of halogens is 1. The molecule has 2 nitrogen and oxygen atoms in total. The molecule has 0 aromatic carbocycles. The Labute approximate surface area is 55.2 Å². The van der Waals surface area contributed by atoms with E-state index in [-0.39, 0.29) is 24.2 Å². The second kappa shape index (κ2) is 4.65. The van der Waals surface area contributed by atoms with Gasteiger partial charge in [0, 0.05) is 0 Å². The largest absolute Gasteiger partial charge is 0.369 e. The molecule has 0 saturated heterocycles. The molecule has 1 amide bonds. The van der Waals surface area contributed by atoms with E-state index >= 15 is 0 Å². The van der Waals surface area contributed by atoms with Crippen LogP contribution in [0.1, 0.15) is 6.92 Å². The van der Waals surface area contributed by atoms with E-state index in [2.05, 4.69) is 6.58 Å². The molecule has 8 heavy (non-hydrogen) atoms. The lowest BCUT2D eigenvalue weighted by Gasteiger charge is -1.93. The summed E-state index contributed by atoms with van der Waals surface area (Å²) in [4.78, 5) is 10.1. The van der Waals surface area contributed by atoms with Crippen LogP contribution in [0.2, 0.25) is 0 Å². The zero-order valence-electron chi connectivity index (χ0n) is 4.76. The third-order valence-electron chi connectivity index (χ3n) is 0.802. The third-order valence-corrected chi connectivity index (χ3v) is 0.802. The number of nitrogens with two attached hydrogens (primary N) is 1. The van der Waals surface area contributed by atoms with Gasteiger partial charge in [-0.15, -0.1) is 19.0 Å². The van der Waals surface area contributed by atoms with Gasteiger partial charge in [-0.2, -0.15) is 0 Å². The first-order chi connectivity index (χ1) is 3.18. The second-order valence-electron chi connectivity index (χ2n) is 1.43. The summed E-state index contributed by atoms with van der Waals surface area (Å²) in [6, 6.07) is 0. The molecule has 0 rings (SSSR count). The molecular weight excluding hydrogens is 126 g/mol. The normalized spacial score (nSPS) is 11.1. The van der Waals surface area contributed by atoms with E-state index in [0.717, 1.165) is 0 Å². The molecule has 0 heterocycles. The van der Waals surface area contributed by atoms with Gasteiger partial charge in [-0.3, -0.25) is 4.79 Å². The van der Waals surface area contributed by atoms with Crippen molar-refractivity contribution in [2.45, 2.75) is 6.92 Å². The average molecular weight is 136 g/mol. The zero-order valence-corrected chi connectivity index (χ0v) is 5.57. The quantitative estimate of drug-likeness (QED) is 0.557. The first-order valence-corrected chi connectivity index (χ1v) is 2.10. The highest BCUT2D eigenvalue weighted by Gasteiger charge is 1.99. The third kappa shape index (κ3) is 3.68. The Morgan fingerprint density at radius 2 is 2.25 bits per heavy atom. The summed E-state index contributed by atoms with van der Waals surface area (Å²) in [5.74, 6) is -0.519. The van der Waals surface area contributed by atoms with Crippen molar-refractivity contribution in [2.75, 3.05) is 0 Å². The Balaban J connectivity index is 0. The monoisotopic (exact) mass is 135 g/mol. The van der Waals surface area contributed by atoms with E-state index in [1.807, 2.05) is 0 Å². The summed E-state index contributed by atoms with van der Waals surface area (Å²) < 4.78 is 0. The van der Waals surface area contributed by atoms with Crippen molar-refractivity contribution >= 4 is 18.3 Å². The number of amides is 1. The molecule has 1 atom stereocenters. The van der Waals surface area contributed by atoms with Gasteiger partial charge in [0.2, 0.25) is 5.91 Å². The van der Waals surface area contributed by atoms with Gasteiger partial charge in [-0.25, -0.2) is 0 Å². The van der Waals surface area contributed by atoms with Gasteiger partial charge in [0.15, 0.2) is 0 Å². The average Bonchev–Trinajstić information content (AvgIpc) is 1.65. The lowest BCUT2D eigenvalue weighted by atomic mass is 10.2. The molecule has 0 bridgehead atoms. The van der Waals surface area contributed by atoms with Crippen LogP contribution < -0.4 is 5.73 Å². The topological polar surface area (TPSA) is 43.1 Å². The van der Waals surface area contributed by atoms with Gasteiger partial charge in [0.25, 0.3) is 0 Å². The Morgan fingerprint density at radius 1 is 1.88 bits per heavy atom. The van der Waals surface area contributed by atoms with Crippen molar-refractivity contribution in [3.63, 3.8) is 0 Å². The fraction of sp³-hybridized carbons (Fsp3) is 0.400. The summed E-state index contributed by atoms with van der Waals surface area (Å²) >= 11 is 0. The van der Waals surface area contributed by atoms with Crippen molar-refractivity contribution in [3.05, 3.63) is 12.7 Å². The van der Waals surface area contributed by atoms with Crippen molar-refractivity contribution in [1.82, 2.24) is 0 Å². The van der Waals surface area contributed by atoms with Crippen LogP contribution in [-0.2, 0) is 4.79 Å². The first-order valence-electron chi connectivity index (χ1n) is 2.10. The number of hydrogen-bond acceptors (Lipinski definition) is 1. The van der Waals surface area contributed by atoms with Gasteiger partial charge in [-0.1, -0.05) is 13.0 Å². The molecule has 0 spiro atoms. The van der Waals surface area contributed by atoms with Crippen LogP contribution in [0.5, 0.6) is 0 Å².